The molecule has 5 heteroatoms. The summed E-state index contributed by atoms with van der Waals surface area (Å²) in [6, 6.07) is 5.24. The molecule has 1 aliphatic rings. The van der Waals surface area contributed by atoms with Crippen LogP contribution in [0, 0.1) is 11.8 Å². The summed E-state index contributed by atoms with van der Waals surface area (Å²) in [4.78, 5) is 14.8. The lowest BCUT2D eigenvalue weighted by Gasteiger charge is -2.34. The van der Waals surface area contributed by atoms with Crippen LogP contribution in [-0.4, -0.2) is 51.2 Å². The van der Waals surface area contributed by atoms with E-state index < -0.39 is 0 Å². The van der Waals surface area contributed by atoms with Crippen molar-refractivity contribution in [3.63, 3.8) is 0 Å². The van der Waals surface area contributed by atoms with E-state index in [4.69, 9.17) is 9.47 Å². The van der Waals surface area contributed by atoms with Gasteiger partial charge in [0.15, 0.2) is 0 Å². The number of amides is 1. The highest BCUT2D eigenvalue weighted by atomic mass is 16.5. The summed E-state index contributed by atoms with van der Waals surface area (Å²) < 4.78 is 10.4. The molecule has 1 saturated heterocycles. The van der Waals surface area contributed by atoms with Crippen molar-refractivity contribution < 1.29 is 14.3 Å². The molecule has 1 aromatic rings. The molecule has 1 aromatic carbocycles. The first-order valence-electron chi connectivity index (χ1n) is 8.76. The van der Waals surface area contributed by atoms with E-state index in [0.717, 1.165) is 24.8 Å². The molecule has 24 heavy (non-hydrogen) atoms. The number of nitrogens with zero attached hydrogens (tertiary/aromatic N) is 1. The highest BCUT2D eigenvalue weighted by molar-refractivity contribution is 5.97. The predicted molar refractivity (Wildman–Crippen MR) is 95.9 cm³/mol. The highest BCUT2D eigenvalue weighted by Crippen LogP contribution is 2.24. The lowest BCUT2D eigenvalue weighted by Crippen LogP contribution is -2.40. The predicted octanol–water partition coefficient (Wildman–Crippen LogP) is 2.80. The van der Waals surface area contributed by atoms with Crippen molar-refractivity contribution in [1.82, 2.24) is 10.2 Å². The van der Waals surface area contributed by atoms with Gasteiger partial charge in [-0.2, -0.15) is 0 Å². The fourth-order valence-corrected chi connectivity index (χ4v) is 3.56. The summed E-state index contributed by atoms with van der Waals surface area (Å²) in [5.74, 6) is 2.65. The molecule has 0 aliphatic carbocycles. The standard InChI is InChI=1S/C19H30N2O3/c1-14-10-15(2)13-21(12-14)9-5-8-20-19(22)17-7-6-16(23-3)11-18(17)24-4/h6-7,11,14-15H,5,8-10,12-13H2,1-4H3,(H,20,22)/t14-,15-/m1/s1. The van der Waals surface area contributed by atoms with E-state index in [0.29, 0.717) is 23.6 Å². The largest absolute Gasteiger partial charge is 0.497 e. The maximum atomic E-state index is 12.3. The lowest BCUT2D eigenvalue weighted by molar-refractivity contribution is 0.0944. The number of piperidine rings is 1. The third kappa shape index (κ3) is 5.13. The van der Waals surface area contributed by atoms with Crippen LogP contribution in [0.5, 0.6) is 11.5 Å². The summed E-state index contributed by atoms with van der Waals surface area (Å²) in [6.07, 6.45) is 2.29. The van der Waals surface area contributed by atoms with Crippen LogP contribution in [-0.2, 0) is 0 Å². The third-order valence-electron chi connectivity index (χ3n) is 4.53. The van der Waals surface area contributed by atoms with Gasteiger partial charge in [0, 0.05) is 25.7 Å². The van der Waals surface area contributed by atoms with Crippen molar-refractivity contribution in [2.24, 2.45) is 11.8 Å². The molecule has 134 valence electrons. The van der Waals surface area contributed by atoms with Crippen LogP contribution in [0.2, 0.25) is 0 Å². The van der Waals surface area contributed by atoms with Crippen molar-refractivity contribution in [2.45, 2.75) is 26.7 Å². The molecule has 1 heterocycles. The number of benzene rings is 1. The Bertz CT molecular complexity index is 537. The molecule has 1 fully saturated rings. The Morgan fingerprint density at radius 1 is 1.21 bits per heavy atom. The number of methoxy groups -OCH3 is 2. The topological polar surface area (TPSA) is 50.8 Å². The van der Waals surface area contributed by atoms with Gasteiger partial charge in [-0.15, -0.1) is 0 Å². The van der Waals surface area contributed by atoms with Crippen molar-refractivity contribution in [3.05, 3.63) is 23.8 Å². The molecule has 0 bridgehead atoms. The van der Waals surface area contributed by atoms with Crippen molar-refractivity contribution >= 4 is 5.91 Å². The SMILES string of the molecule is COc1ccc(C(=O)NCCCN2C[C@H](C)C[C@@H](C)C2)c(OC)c1. The highest BCUT2D eigenvalue weighted by Gasteiger charge is 2.21. The van der Waals surface area contributed by atoms with Crippen LogP contribution < -0.4 is 14.8 Å². The number of rotatable bonds is 7. The van der Waals surface area contributed by atoms with Crippen LogP contribution in [0.3, 0.4) is 0 Å². The number of nitrogens with one attached hydrogen (secondary N) is 1. The zero-order valence-corrected chi connectivity index (χ0v) is 15.3. The first-order chi connectivity index (χ1) is 11.5. The second-order valence-corrected chi connectivity index (χ2v) is 6.88. The molecule has 0 aromatic heterocycles. The Hall–Kier alpha value is -1.75. The van der Waals surface area contributed by atoms with Gasteiger partial charge >= 0.3 is 0 Å². The van der Waals surface area contributed by atoms with Gasteiger partial charge in [0.1, 0.15) is 11.5 Å². The zero-order chi connectivity index (χ0) is 17.5. The molecule has 1 amide bonds. The summed E-state index contributed by atoms with van der Waals surface area (Å²) in [6.45, 7) is 8.69. The molecular formula is C19H30N2O3. The van der Waals surface area contributed by atoms with E-state index in [1.807, 2.05) is 0 Å². The number of ether oxygens (including phenoxy) is 2. The minimum absolute atomic E-state index is 0.102. The van der Waals surface area contributed by atoms with Gasteiger partial charge < -0.3 is 19.7 Å². The van der Waals surface area contributed by atoms with Gasteiger partial charge in [0.05, 0.1) is 19.8 Å². The van der Waals surface area contributed by atoms with Gasteiger partial charge in [-0.25, -0.2) is 0 Å². The van der Waals surface area contributed by atoms with E-state index in [9.17, 15) is 4.79 Å². The number of likely N-dealkylation sites (tertiary alicyclic amines) is 1. The summed E-state index contributed by atoms with van der Waals surface area (Å²) >= 11 is 0. The maximum absolute atomic E-state index is 12.3. The second kappa shape index (κ2) is 8.92. The summed E-state index contributed by atoms with van der Waals surface area (Å²) in [7, 11) is 3.15. The number of carbonyl (C=O) groups excluding carboxylic acids is 1. The monoisotopic (exact) mass is 334 g/mol. The van der Waals surface area contributed by atoms with Crippen LogP contribution in [0.25, 0.3) is 0 Å². The first kappa shape index (κ1) is 18.6. The first-order valence-corrected chi connectivity index (χ1v) is 8.76. The normalized spacial score (nSPS) is 21.3. The van der Waals surface area contributed by atoms with E-state index in [1.165, 1.54) is 19.5 Å². The Labute approximate surface area is 145 Å². The molecule has 0 unspecified atom stereocenters. The average Bonchev–Trinajstić information content (AvgIpc) is 2.57. The minimum Gasteiger partial charge on any atom is -0.497 e. The van der Waals surface area contributed by atoms with Crippen LogP contribution >= 0.6 is 0 Å². The Kier molecular flexibility index (Phi) is 6.91. The summed E-state index contributed by atoms with van der Waals surface area (Å²) in [5, 5.41) is 2.99. The van der Waals surface area contributed by atoms with Gasteiger partial charge in [0.2, 0.25) is 0 Å². The number of hydrogen-bond acceptors (Lipinski definition) is 4. The van der Waals surface area contributed by atoms with E-state index in [-0.39, 0.29) is 5.91 Å². The minimum atomic E-state index is -0.102. The average molecular weight is 334 g/mol. The Morgan fingerprint density at radius 3 is 2.54 bits per heavy atom. The zero-order valence-electron chi connectivity index (χ0n) is 15.3. The second-order valence-electron chi connectivity index (χ2n) is 6.88. The third-order valence-corrected chi connectivity index (χ3v) is 4.53. The van der Waals surface area contributed by atoms with E-state index in [1.54, 1.807) is 32.4 Å². The smallest absolute Gasteiger partial charge is 0.255 e. The number of carbonyl (C=O) groups is 1. The molecule has 0 radical (unpaired) electrons. The fraction of sp³-hybridized carbons (Fsp3) is 0.632. The van der Waals surface area contributed by atoms with Gasteiger partial charge in [0.25, 0.3) is 5.91 Å². The Balaban J connectivity index is 1.79. The quantitative estimate of drug-likeness (QED) is 0.779. The fourth-order valence-electron chi connectivity index (χ4n) is 3.56. The van der Waals surface area contributed by atoms with Crippen LogP contribution in [0.1, 0.15) is 37.0 Å². The molecule has 2 atom stereocenters. The Morgan fingerprint density at radius 2 is 1.92 bits per heavy atom. The van der Waals surface area contributed by atoms with Crippen molar-refractivity contribution in [3.8, 4) is 11.5 Å². The lowest BCUT2D eigenvalue weighted by atomic mass is 9.92. The van der Waals surface area contributed by atoms with Crippen molar-refractivity contribution in [2.75, 3.05) is 40.4 Å². The van der Waals surface area contributed by atoms with Crippen molar-refractivity contribution in [1.29, 1.82) is 0 Å². The van der Waals surface area contributed by atoms with Crippen LogP contribution in [0.15, 0.2) is 18.2 Å². The number of hydrogen-bond donors (Lipinski definition) is 1. The molecule has 1 N–H and O–H groups in total. The van der Waals surface area contributed by atoms with Gasteiger partial charge in [-0.3, -0.25) is 4.79 Å². The summed E-state index contributed by atoms with van der Waals surface area (Å²) in [5.41, 5.74) is 0.540. The van der Waals surface area contributed by atoms with Gasteiger partial charge in [-0.05, 0) is 43.4 Å². The molecular weight excluding hydrogens is 304 g/mol. The van der Waals surface area contributed by atoms with Crippen LogP contribution in [0.4, 0.5) is 0 Å². The maximum Gasteiger partial charge on any atom is 0.255 e. The molecule has 0 saturated carbocycles. The van der Waals surface area contributed by atoms with E-state index >= 15 is 0 Å². The molecule has 0 spiro atoms. The molecule has 2 rings (SSSR count). The van der Waals surface area contributed by atoms with E-state index in [2.05, 4.69) is 24.1 Å². The van der Waals surface area contributed by atoms with Gasteiger partial charge in [-0.1, -0.05) is 13.8 Å². The molecule has 5 nitrogen and oxygen atoms in total. The molecule has 1 aliphatic heterocycles.